The van der Waals surface area contributed by atoms with E-state index in [9.17, 15) is 19.2 Å². The van der Waals surface area contributed by atoms with Gasteiger partial charge in [-0.05, 0) is 36.4 Å². The second-order valence-corrected chi connectivity index (χ2v) is 7.28. The number of anilines is 1. The van der Waals surface area contributed by atoms with E-state index >= 15 is 0 Å². The van der Waals surface area contributed by atoms with Crippen molar-refractivity contribution in [1.29, 1.82) is 0 Å². The Morgan fingerprint density at radius 2 is 1.11 bits per heavy atom. The Morgan fingerprint density at radius 3 is 1.64 bits per heavy atom. The van der Waals surface area contributed by atoms with Gasteiger partial charge in [-0.1, -0.05) is 49.9 Å². The molecule has 0 aliphatic carbocycles. The van der Waals surface area contributed by atoms with Gasteiger partial charge in [0.25, 0.3) is 5.91 Å². The molecule has 5 rings (SSSR count). The van der Waals surface area contributed by atoms with E-state index in [1.807, 2.05) is 24.3 Å². The molecule has 0 fully saturated rings. The number of carboxylic acid groups (broad SMARTS) is 1. The summed E-state index contributed by atoms with van der Waals surface area (Å²) in [7, 11) is 0. The zero-order valence-corrected chi connectivity index (χ0v) is 18.7. The Morgan fingerprint density at radius 1 is 0.667 bits per heavy atom. The molecule has 0 spiro atoms. The molecule has 2 heterocycles. The molecule has 0 atom stereocenters. The number of hydrogen-bond donors (Lipinski definition) is 4. The number of aromatic nitrogens is 2. The number of nitrogens with one attached hydrogen (secondary N) is 3. The van der Waals surface area contributed by atoms with Gasteiger partial charge in [0.1, 0.15) is 11.1 Å². The minimum Gasteiger partial charge on any atom is -0.477 e. The number of hydrogen-bond acceptors (Lipinski definition) is 4. The van der Waals surface area contributed by atoms with E-state index < -0.39 is 17.3 Å². The number of pyridine rings is 2. The van der Waals surface area contributed by atoms with Crippen LogP contribution in [0.5, 0.6) is 0 Å². The summed E-state index contributed by atoms with van der Waals surface area (Å²) in [5.41, 5.74) is 1.16. The first-order valence-corrected chi connectivity index (χ1v) is 10.3. The second kappa shape index (κ2) is 11.9. The fourth-order valence-corrected chi connectivity index (χ4v) is 3.38. The van der Waals surface area contributed by atoms with Crippen molar-refractivity contribution in [3.63, 3.8) is 0 Å². The Bertz CT molecular complexity index is 1620. The van der Waals surface area contributed by atoms with Crippen LogP contribution in [-0.4, -0.2) is 27.0 Å². The number of H-pyrrole nitrogens is 2. The minimum atomic E-state index is -1.21. The molecule has 2 aromatic heterocycles. The van der Waals surface area contributed by atoms with Gasteiger partial charge < -0.3 is 27.8 Å². The van der Waals surface area contributed by atoms with Crippen LogP contribution < -0.4 is 16.2 Å². The highest BCUT2D eigenvalue weighted by Gasteiger charge is 2.13. The quantitative estimate of drug-likeness (QED) is 0.265. The highest BCUT2D eigenvalue weighted by atomic mass is 16.4. The van der Waals surface area contributed by atoms with E-state index in [4.69, 9.17) is 5.11 Å². The van der Waals surface area contributed by atoms with Gasteiger partial charge in [0.2, 0.25) is 10.9 Å². The maximum atomic E-state index is 12.3. The molecule has 4 N–H and O–H groups in total. The molecule has 5 aromatic rings. The van der Waals surface area contributed by atoms with Gasteiger partial charge in [-0.15, -0.1) is 0 Å². The van der Waals surface area contributed by atoms with Crippen LogP contribution in [-0.2, 0) is 0 Å². The van der Waals surface area contributed by atoms with Crippen molar-refractivity contribution in [2.75, 3.05) is 5.32 Å². The molecule has 0 saturated heterocycles. The summed E-state index contributed by atoms with van der Waals surface area (Å²) in [4.78, 5) is 52.4. The Labute approximate surface area is 207 Å². The van der Waals surface area contributed by atoms with E-state index in [1.54, 1.807) is 54.6 Å². The van der Waals surface area contributed by atoms with Crippen molar-refractivity contribution in [2.45, 2.75) is 7.43 Å². The summed E-state index contributed by atoms with van der Waals surface area (Å²) < 4.78 is 0. The van der Waals surface area contributed by atoms with Gasteiger partial charge in [-0.25, -0.2) is 4.79 Å². The molecular weight excluding hydrogens is 458 g/mol. The number of para-hydroxylation sites is 3. The third-order valence-corrected chi connectivity index (χ3v) is 5.08. The first kappa shape index (κ1) is 27.3. The van der Waals surface area contributed by atoms with Crippen molar-refractivity contribution in [2.24, 2.45) is 0 Å². The van der Waals surface area contributed by atoms with E-state index in [2.05, 4.69) is 15.3 Å². The Hall–Kier alpha value is -4.98. The van der Waals surface area contributed by atoms with E-state index in [0.29, 0.717) is 27.5 Å². The zero-order valence-electron chi connectivity index (χ0n) is 18.7. The SMILES string of the molecule is C.O=C(Nc1ccccc1)c1c[nH]c2ccccc2c1=O.O=C(O)c1c[nH]c2ccccc2c1=O.[CH3-]. The van der Waals surface area contributed by atoms with Gasteiger partial charge in [0.15, 0.2) is 0 Å². The normalized spacial score (nSPS) is 9.78. The standard InChI is InChI=1S/C16H12N2O2.C10H7NO3.CH4.CH3/c19-15-12-8-4-5-9-14(12)17-10-13(15)16(20)18-11-6-2-1-3-7-11;12-9-6-3-1-2-4-8(6)11-5-7(9)10(13)14;;/h1-10H,(H,17,19)(H,18,20);1-5H,(H,11,12)(H,13,14);1H4;1H3/q;;;-1. The maximum Gasteiger partial charge on any atom is 0.341 e. The molecular formula is C28H26N3O5-. The monoisotopic (exact) mass is 484 g/mol. The molecule has 8 heteroatoms. The van der Waals surface area contributed by atoms with Crippen molar-refractivity contribution >= 4 is 39.4 Å². The Balaban J connectivity index is 0.000000254. The lowest BCUT2D eigenvalue weighted by molar-refractivity contribution is 0.0695. The highest BCUT2D eigenvalue weighted by Crippen LogP contribution is 2.10. The summed E-state index contributed by atoms with van der Waals surface area (Å²) >= 11 is 0. The zero-order chi connectivity index (χ0) is 24.1. The van der Waals surface area contributed by atoms with Gasteiger partial charge >= 0.3 is 5.97 Å². The van der Waals surface area contributed by atoms with Crippen LogP contribution in [0.3, 0.4) is 0 Å². The van der Waals surface area contributed by atoms with Crippen LogP contribution in [0.25, 0.3) is 21.8 Å². The molecule has 1 amide bonds. The number of carboxylic acids is 1. The van der Waals surface area contributed by atoms with Crippen LogP contribution in [0, 0.1) is 7.43 Å². The summed E-state index contributed by atoms with van der Waals surface area (Å²) in [6.45, 7) is 0. The van der Waals surface area contributed by atoms with Crippen LogP contribution >= 0.6 is 0 Å². The van der Waals surface area contributed by atoms with Crippen LogP contribution in [0.1, 0.15) is 28.1 Å². The molecule has 0 bridgehead atoms. The predicted octanol–water partition coefficient (Wildman–Crippen LogP) is 5.09. The highest BCUT2D eigenvalue weighted by molar-refractivity contribution is 6.05. The third kappa shape index (κ3) is 5.74. The molecule has 0 aliphatic rings. The largest absolute Gasteiger partial charge is 0.477 e. The van der Waals surface area contributed by atoms with Crippen molar-refractivity contribution < 1.29 is 14.7 Å². The van der Waals surface area contributed by atoms with Crippen molar-refractivity contribution in [3.8, 4) is 0 Å². The fourth-order valence-electron chi connectivity index (χ4n) is 3.38. The first-order chi connectivity index (χ1) is 16.5. The molecule has 0 aliphatic heterocycles. The average molecular weight is 485 g/mol. The number of carbonyl (C=O) groups is 2. The minimum absolute atomic E-state index is 0. The summed E-state index contributed by atoms with van der Waals surface area (Å²) in [5.74, 6) is -1.62. The maximum absolute atomic E-state index is 12.3. The lowest BCUT2D eigenvalue weighted by atomic mass is 10.1. The second-order valence-electron chi connectivity index (χ2n) is 7.28. The van der Waals surface area contributed by atoms with E-state index in [-0.39, 0.29) is 31.4 Å². The first-order valence-electron chi connectivity index (χ1n) is 10.3. The Kier molecular flexibility index (Phi) is 9.04. The van der Waals surface area contributed by atoms with E-state index in [1.165, 1.54) is 12.4 Å². The van der Waals surface area contributed by atoms with Gasteiger partial charge in [-0.2, -0.15) is 0 Å². The van der Waals surface area contributed by atoms with Gasteiger partial charge in [-0.3, -0.25) is 14.4 Å². The smallest absolute Gasteiger partial charge is 0.341 e. The number of aromatic carboxylic acids is 1. The fraction of sp³-hybridized carbons (Fsp3) is 0.0357. The molecule has 0 saturated carbocycles. The lowest BCUT2D eigenvalue weighted by Gasteiger charge is -2.05. The average Bonchev–Trinajstić information content (AvgIpc) is 2.85. The number of aromatic amines is 2. The number of benzene rings is 3. The lowest BCUT2D eigenvalue weighted by Crippen LogP contribution is -2.21. The van der Waals surface area contributed by atoms with Crippen LogP contribution in [0.15, 0.2) is 101 Å². The molecule has 184 valence electrons. The van der Waals surface area contributed by atoms with E-state index in [0.717, 1.165) is 0 Å². The summed E-state index contributed by atoms with van der Waals surface area (Å²) in [6.07, 6.45) is 2.66. The predicted molar refractivity (Wildman–Crippen MR) is 144 cm³/mol. The molecule has 8 nitrogen and oxygen atoms in total. The number of carbonyl (C=O) groups excluding carboxylic acids is 1. The number of rotatable bonds is 3. The van der Waals surface area contributed by atoms with Gasteiger partial charge in [0, 0.05) is 39.9 Å². The van der Waals surface area contributed by atoms with Gasteiger partial charge in [0.05, 0.1) is 0 Å². The number of fused-ring (bicyclic) bond motifs is 2. The molecule has 0 unspecified atom stereocenters. The number of amides is 1. The van der Waals surface area contributed by atoms with Crippen molar-refractivity contribution in [1.82, 2.24) is 9.97 Å². The van der Waals surface area contributed by atoms with Crippen LogP contribution in [0.4, 0.5) is 5.69 Å². The molecule has 0 radical (unpaired) electrons. The van der Waals surface area contributed by atoms with Crippen LogP contribution in [0.2, 0.25) is 0 Å². The molecule has 3 aromatic carbocycles. The third-order valence-electron chi connectivity index (χ3n) is 5.08. The van der Waals surface area contributed by atoms with Crippen molar-refractivity contribution in [3.05, 3.63) is 130 Å². The summed E-state index contributed by atoms with van der Waals surface area (Å²) in [6, 6.07) is 23.0. The molecule has 36 heavy (non-hydrogen) atoms. The topological polar surface area (TPSA) is 132 Å². The summed E-state index contributed by atoms with van der Waals surface area (Å²) in [5, 5.41) is 12.3.